The summed E-state index contributed by atoms with van der Waals surface area (Å²) in [5.41, 5.74) is 1.63. The van der Waals surface area contributed by atoms with Gasteiger partial charge in [0.25, 0.3) is 0 Å². The zero-order chi connectivity index (χ0) is 23.4. The monoisotopic (exact) mass is 511 g/mol. The molecule has 0 bridgehead atoms. The Labute approximate surface area is 192 Å². The van der Waals surface area contributed by atoms with Gasteiger partial charge in [0.05, 0.1) is 0 Å². The largest absolute Gasteiger partial charge is 0.481 e. The number of carboxylic acid groups (broad SMARTS) is 1. The third-order valence-electron chi connectivity index (χ3n) is 5.34. The van der Waals surface area contributed by atoms with Gasteiger partial charge >= 0.3 is 18.6 Å². The van der Waals surface area contributed by atoms with Gasteiger partial charge in [0, 0.05) is 34.9 Å². The maximum absolute atomic E-state index is 13.4. The first-order valence-electron chi connectivity index (χ1n) is 10.2. The van der Waals surface area contributed by atoms with E-state index in [1.807, 2.05) is 38.1 Å². The Balaban J connectivity index is 1.91. The number of pyridine rings is 1. The van der Waals surface area contributed by atoms with Gasteiger partial charge in [-0.2, -0.15) is 8.78 Å². The molecule has 0 atom stereocenters. The summed E-state index contributed by atoms with van der Waals surface area (Å²) in [6.45, 7) is 0.935. The van der Waals surface area contributed by atoms with Crippen LogP contribution in [0.1, 0.15) is 44.6 Å². The number of para-hydroxylation sites is 1. The Morgan fingerprint density at radius 2 is 2.00 bits per heavy atom. The molecule has 10 heteroatoms. The van der Waals surface area contributed by atoms with Crippen LogP contribution in [0.15, 0.2) is 41.0 Å². The third-order valence-corrected chi connectivity index (χ3v) is 5.77. The number of halogens is 3. The topological polar surface area (TPSA) is 91.8 Å². The van der Waals surface area contributed by atoms with E-state index in [4.69, 9.17) is 5.11 Å². The van der Waals surface area contributed by atoms with Crippen molar-refractivity contribution in [2.45, 2.75) is 51.7 Å². The van der Waals surface area contributed by atoms with Crippen LogP contribution in [0.5, 0.6) is 5.75 Å². The van der Waals surface area contributed by atoms with Crippen molar-refractivity contribution in [3.8, 4) is 5.75 Å². The van der Waals surface area contributed by atoms with E-state index in [0.717, 1.165) is 5.56 Å². The highest BCUT2D eigenvalue weighted by atomic mass is 79.9. The predicted octanol–water partition coefficient (Wildman–Crippen LogP) is 5.86. The number of nitrogens with one attached hydrogen (secondary N) is 1. The van der Waals surface area contributed by atoms with E-state index in [2.05, 4.69) is 31.0 Å². The number of alkyl halides is 2. The van der Waals surface area contributed by atoms with E-state index in [9.17, 15) is 18.4 Å². The SMILES string of the molecule is CC(C)c1ccccc1N(C(=O)Nc1ncc(Br)cc1OC(F)F)C1CC(CC(=O)O)C1. The summed E-state index contributed by atoms with van der Waals surface area (Å²) in [5, 5.41) is 11.6. The lowest BCUT2D eigenvalue weighted by Crippen LogP contribution is -2.50. The normalized spacial score (nSPS) is 17.7. The Hall–Kier alpha value is -2.75. The zero-order valence-electron chi connectivity index (χ0n) is 17.6. The van der Waals surface area contributed by atoms with Gasteiger partial charge in [-0.3, -0.25) is 15.0 Å². The minimum Gasteiger partial charge on any atom is -0.481 e. The maximum atomic E-state index is 13.4. The van der Waals surface area contributed by atoms with Crippen LogP contribution in [0.25, 0.3) is 0 Å². The van der Waals surface area contributed by atoms with Gasteiger partial charge in [-0.15, -0.1) is 0 Å². The summed E-state index contributed by atoms with van der Waals surface area (Å²) in [5.74, 6) is -1.17. The fourth-order valence-electron chi connectivity index (χ4n) is 3.85. The molecule has 2 aromatic rings. The molecular formula is C22H24BrF2N3O4. The smallest absolute Gasteiger partial charge is 0.387 e. The van der Waals surface area contributed by atoms with E-state index in [1.165, 1.54) is 12.3 Å². The van der Waals surface area contributed by atoms with Gasteiger partial charge in [-0.25, -0.2) is 9.78 Å². The Morgan fingerprint density at radius 1 is 1.31 bits per heavy atom. The van der Waals surface area contributed by atoms with Gasteiger partial charge in [-0.1, -0.05) is 32.0 Å². The Bertz CT molecular complexity index is 983. The molecule has 1 fully saturated rings. The Morgan fingerprint density at radius 3 is 2.62 bits per heavy atom. The first-order chi connectivity index (χ1) is 15.2. The van der Waals surface area contributed by atoms with Crippen LogP contribution in [0, 0.1) is 5.92 Å². The van der Waals surface area contributed by atoms with Crippen LogP contribution < -0.4 is 15.0 Å². The molecule has 1 aromatic heterocycles. The summed E-state index contributed by atoms with van der Waals surface area (Å²) < 4.78 is 30.6. The van der Waals surface area contributed by atoms with E-state index in [1.54, 1.807) is 4.90 Å². The number of nitrogens with zero attached hydrogens (tertiary/aromatic N) is 2. The van der Waals surface area contributed by atoms with Crippen molar-refractivity contribution in [3.05, 3.63) is 46.6 Å². The van der Waals surface area contributed by atoms with E-state index in [0.29, 0.717) is 23.0 Å². The second-order valence-electron chi connectivity index (χ2n) is 7.98. The predicted molar refractivity (Wildman–Crippen MR) is 119 cm³/mol. The molecule has 2 N–H and O–H groups in total. The first-order valence-corrected chi connectivity index (χ1v) is 11.0. The molecule has 1 aromatic carbocycles. The average Bonchev–Trinajstić information content (AvgIpc) is 2.68. The molecule has 1 aliphatic carbocycles. The summed E-state index contributed by atoms with van der Waals surface area (Å²) in [7, 11) is 0. The number of ether oxygens (including phenoxy) is 1. The highest BCUT2D eigenvalue weighted by molar-refractivity contribution is 9.10. The average molecular weight is 512 g/mol. The van der Waals surface area contributed by atoms with Crippen LogP contribution in [0.2, 0.25) is 0 Å². The van der Waals surface area contributed by atoms with Crippen molar-refractivity contribution in [2.75, 3.05) is 10.2 Å². The molecule has 0 saturated heterocycles. The number of amides is 2. The number of benzene rings is 1. The summed E-state index contributed by atoms with van der Waals surface area (Å²) in [4.78, 5) is 30.0. The zero-order valence-corrected chi connectivity index (χ0v) is 19.2. The van der Waals surface area contributed by atoms with Crippen LogP contribution in [0.3, 0.4) is 0 Å². The molecular weight excluding hydrogens is 488 g/mol. The molecule has 1 heterocycles. The van der Waals surface area contributed by atoms with E-state index in [-0.39, 0.29) is 35.9 Å². The number of aromatic nitrogens is 1. The van der Waals surface area contributed by atoms with Crippen molar-refractivity contribution in [1.82, 2.24) is 4.98 Å². The number of hydrogen-bond donors (Lipinski definition) is 2. The third kappa shape index (κ3) is 5.73. The maximum Gasteiger partial charge on any atom is 0.387 e. The minimum atomic E-state index is -3.08. The molecule has 172 valence electrons. The van der Waals surface area contributed by atoms with E-state index < -0.39 is 18.6 Å². The van der Waals surface area contributed by atoms with Crippen molar-refractivity contribution in [1.29, 1.82) is 0 Å². The lowest BCUT2D eigenvalue weighted by atomic mass is 9.77. The lowest BCUT2D eigenvalue weighted by molar-refractivity contribution is -0.138. The Kier molecular flexibility index (Phi) is 7.65. The van der Waals surface area contributed by atoms with Crippen LogP contribution in [-0.2, 0) is 4.79 Å². The number of urea groups is 1. The first kappa shape index (κ1) is 23.9. The molecule has 7 nitrogen and oxygen atoms in total. The van der Waals surface area contributed by atoms with Gasteiger partial charge in [0.1, 0.15) is 0 Å². The number of carboxylic acids is 1. The number of carbonyl (C=O) groups excluding carboxylic acids is 1. The summed E-state index contributed by atoms with van der Waals surface area (Å²) in [6.07, 6.45) is 2.46. The fourth-order valence-corrected chi connectivity index (χ4v) is 4.16. The van der Waals surface area contributed by atoms with Crippen LogP contribution in [-0.4, -0.2) is 34.7 Å². The number of hydrogen-bond acceptors (Lipinski definition) is 4. The number of carbonyl (C=O) groups is 2. The lowest BCUT2D eigenvalue weighted by Gasteiger charge is -2.43. The highest BCUT2D eigenvalue weighted by Gasteiger charge is 2.39. The molecule has 1 aliphatic rings. The molecule has 0 unspecified atom stereocenters. The number of aliphatic carboxylic acids is 1. The van der Waals surface area contributed by atoms with Crippen molar-refractivity contribution >= 4 is 39.4 Å². The molecule has 0 radical (unpaired) electrons. The van der Waals surface area contributed by atoms with Gasteiger partial charge in [-0.05, 0) is 52.2 Å². The van der Waals surface area contributed by atoms with Gasteiger partial charge < -0.3 is 9.84 Å². The second-order valence-corrected chi connectivity index (χ2v) is 8.90. The number of rotatable bonds is 8. The fraction of sp³-hybridized carbons (Fsp3) is 0.409. The quantitative estimate of drug-likeness (QED) is 0.462. The second kappa shape index (κ2) is 10.2. The minimum absolute atomic E-state index is 0.0254. The van der Waals surface area contributed by atoms with Crippen molar-refractivity contribution < 1.29 is 28.2 Å². The molecule has 0 spiro atoms. The highest BCUT2D eigenvalue weighted by Crippen LogP contribution is 2.40. The summed E-state index contributed by atoms with van der Waals surface area (Å²) >= 11 is 3.15. The summed E-state index contributed by atoms with van der Waals surface area (Å²) in [6, 6.07) is 7.97. The van der Waals surface area contributed by atoms with Crippen LogP contribution >= 0.6 is 15.9 Å². The van der Waals surface area contributed by atoms with Crippen LogP contribution in [0.4, 0.5) is 25.1 Å². The van der Waals surface area contributed by atoms with E-state index >= 15 is 0 Å². The van der Waals surface area contributed by atoms with Gasteiger partial charge in [0.15, 0.2) is 11.6 Å². The molecule has 3 rings (SSSR count). The standard InChI is InChI=1S/C22H24BrF2N3O4/c1-12(2)16-5-3-4-6-17(16)28(15-7-13(8-15)9-19(29)30)22(31)27-20-18(32-21(24)25)10-14(23)11-26-20/h3-6,10-13,15,21H,7-9H2,1-2H3,(H,29,30)(H,26,27,31). The molecule has 1 saturated carbocycles. The molecule has 32 heavy (non-hydrogen) atoms. The molecule has 2 amide bonds. The molecule has 0 aliphatic heterocycles. The number of anilines is 2. The van der Waals surface area contributed by atoms with Gasteiger partial charge in [0.2, 0.25) is 0 Å². The van der Waals surface area contributed by atoms with Crippen molar-refractivity contribution in [3.63, 3.8) is 0 Å². The van der Waals surface area contributed by atoms with Crippen molar-refractivity contribution in [2.24, 2.45) is 5.92 Å².